The second-order valence-electron chi connectivity index (χ2n) is 3.10. The van der Waals surface area contributed by atoms with Gasteiger partial charge < -0.3 is 10.4 Å². The SMILES string of the molecule is N=C1NC(=O)/C(=C\c2cc(Br)ccc2O)S1. The lowest BCUT2D eigenvalue weighted by Crippen LogP contribution is -2.18. The maximum absolute atomic E-state index is 11.4. The van der Waals surface area contributed by atoms with E-state index in [2.05, 4.69) is 21.2 Å². The zero-order valence-electron chi connectivity index (χ0n) is 7.95. The molecule has 1 aromatic carbocycles. The van der Waals surface area contributed by atoms with Crippen LogP contribution in [-0.4, -0.2) is 16.2 Å². The maximum Gasteiger partial charge on any atom is 0.264 e. The van der Waals surface area contributed by atoms with Gasteiger partial charge in [0.25, 0.3) is 5.91 Å². The van der Waals surface area contributed by atoms with Crippen LogP contribution in [0.25, 0.3) is 6.08 Å². The third-order valence-electron chi connectivity index (χ3n) is 1.94. The van der Waals surface area contributed by atoms with Gasteiger partial charge in [-0.2, -0.15) is 0 Å². The molecule has 0 atom stereocenters. The van der Waals surface area contributed by atoms with Gasteiger partial charge in [-0.3, -0.25) is 10.2 Å². The van der Waals surface area contributed by atoms with Crippen LogP contribution in [0.3, 0.4) is 0 Å². The Morgan fingerprint density at radius 3 is 2.88 bits per heavy atom. The molecule has 0 radical (unpaired) electrons. The van der Waals surface area contributed by atoms with E-state index in [1.165, 1.54) is 0 Å². The number of hydrogen-bond acceptors (Lipinski definition) is 4. The number of phenolic OH excluding ortho intramolecular Hbond substituents is 1. The first-order valence-corrected chi connectivity index (χ1v) is 5.95. The average molecular weight is 299 g/mol. The first-order valence-electron chi connectivity index (χ1n) is 4.34. The first-order chi connectivity index (χ1) is 7.56. The molecule has 1 aliphatic rings. The number of thioether (sulfide) groups is 1. The highest BCUT2D eigenvalue weighted by Gasteiger charge is 2.22. The fourth-order valence-corrected chi connectivity index (χ4v) is 2.30. The largest absolute Gasteiger partial charge is 0.507 e. The number of amides is 1. The van der Waals surface area contributed by atoms with Crippen LogP contribution in [0.4, 0.5) is 0 Å². The van der Waals surface area contributed by atoms with E-state index in [4.69, 9.17) is 5.41 Å². The van der Waals surface area contributed by atoms with Gasteiger partial charge in [0.05, 0.1) is 4.91 Å². The summed E-state index contributed by atoms with van der Waals surface area (Å²) in [7, 11) is 0. The van der Waals surface area contributed by atoms with Crippen molar-refractivity contribution in [2.45, 2.75) is 0 Å². The number of benzene rings is 1. The Balaban J connectivity index is 2.39. The monoisotopic (exact) mass is 298 g/mol. The van der Waals surface area contributed by atoms with Crippen molar-refractivity contribution in [1.82, 2.24) is 5.32 Å². The summed E-state index contributed by atoms with van der Waals surface area (Å²) < 4.78 is 0.815. The van der Waals surface area contributed by atoms with Gasteiger partial charge in [0.1, 0.15) is 5.75 Å². The molecule has 1 saturated heterocycles. The predicted octanol–water partition coefficient (Wildman–Crippen LogP) is 2.29. The molecule has 3 N–H and O–H groups in total. The van der Waals surface area contributed by atoms with Crippen LogP contribution in [0.2, 0.25) is 0 Å². The minimum absolute atomic E-state index is 0.0996. The molecule has 0 spiro atoms. The average Bonchev–Trinajstić information content (AvgIpc) is 2.51. The number of halogens is 1. The number of phenols is 1. The Labute approximate surface area is 104 Å². The minimum atomic E-state index is -0.311. The van der Waals surface area contributed by atoms with E-state index in [0.29, 0.717) is 10.5 Å². The number of amidine groups is 1. The molecule has 2 rings (SSSR count). The standard InChI is InChI=1S/C10H7BrN2O2S/c11-6-1-2-7(14)5(3-6)4-8-9(15)13-10(12)16-8/h1-4,14H,(H2,12,13,15)/b8-4+. The number of carbonyl (C=O) groups excluding carboxylic acids is 1. The summed E-state index contributed by atoms with van der Waals surface area (Å²) in [5.41, 5.74) is 0.543. The minimum Gasteiger partial charge on any atom is -0.507 e. The Kier molecular flexibility index (Phi) is 3.02. The van der Waals surface area contributed by atoms with Crippen LogP contribution in [-0.2, 0) is 4.79 Å². The topological polar surface area (TPSA) is 73.2 Å². The molecule has 16 heavy (non-hydrogen) atoms. The molecular weight excluding hydrogens is 292 g/mol. The highest BCUT2D eigenvalue weighted by Crippen LogP contribution is 2.29. The third kappa shape index (κ3) is 2.28. The fourth-order valence-electron chi connectivity index (χ4n) is 1.22. The number of carbonyl (C=O) groups is 1. The van der Waals surface area contributed by atoms with Crippen molar-refractivity contribution in [3.63, 3.8) is 0 Å². The number of rotatable bonds is 1. The molecular formula is C10H7BrN2O2S. The molecule has 1 aliphatic heterocycles. The van der Waals surface area contributed by atoms with Crippen LogP contribution in [0, 0.1) is 5.41 Å². The first kappa shape index (κ1) is 11.2. The molecule has 0 unspecified atom stereocenters. The Hall–Kier alpha value is -1.27. The summed E-state index contributed by atoms with van der Waals surface area (Å²) in [6.45, 7) is 0. The van der Waals surface area contributed by atoms with E-state index < -0.39 is 0 Å². The van der Waals surface area contributed by atoms with Crippen molar-refractivity contribution in [3.05, 3.63) is 33.1 Å². The quantitative estimate of drug-likeness (QED) is 0.697. The summed E-state index contributed by atoms with van der Waals surface area (Å²) in [6.07, 6.45) is 1.56. The molecule has 0 bridgehead atoms. The van der Waals surface area contributed by atoms with Crippen molar-refractivity contribution >= 4 is 44.8 Å². The van der Waals surface area contributed by atoms with Crippen molar-refractivity contribution in [3.8, 4) is 5.75 Å². The van der Waals surface area contributed by atoms with Gasteiger partial charge in [0.2, 0.25) is 0 Å². The van der Waals surface area contributed by atoms with E-state index in [-0.39, 0.29) is 16.8 Å². The van der Waals surface area contributed by atoms with E-state index in [0.717, 1.165) is 16.2 Å². The van der Waals surface area contributed by atoms with Crippen LogP contribution in [0.5, 0.6) is 5.75 Å². The molecule has 1 amide bonds. The fraction of sp³-hybridized carbons (Fsp3) is 0. The molecule has 6 heteroatoms. The molecule has 4 nitrogen and oxygen atoms in total. The van der Waals surface area contributed by atoms with Crippen molar-refractivity contribution in [1.29, 1.82) is 5.41 Å². The molecule has 1 aromatic rings. The lowest BCUT2D eigenvalue weighted by Gasteiger charge is -2.00. The molecule has 1 heterocycles. The maximum atomic E-state index is 11.4. The summed E-state index contributed by atoms with van der Waals surface area (Å²) in [4.78, 5) is 11.8. The van der Waals surface area contributed by atoms with Gasteiger partial charge in [-0.05, 0) is 36.0 Å². The van der Waals surface area contributed by atoms with Crippen molar-refractivity contribution < 1.29 is 9.90 Å². The second-order valence-corrected chi connectivity index (χ2v) is 5.06. The van der Waals surface area contributed by atoms with E-state index in [9.17, 15) is 9.90 Å². The van der Waals surface area contributed by atoms with Gasteiger partial charge in [-0.25, -0.2) is 0 Å². The van der Waals surface area contributed by atoms with Gasteiger partial charge in [-0.15, -0.1) is 0 Å². The lowest BCUT2D eigenvalue weighted by molar-refractivity contribution is -0.115. The lowest BCUT2D eigenvalue weighted by atomic mass is 10.2. The molecule has 0 aromatic heterocycles. The van der Waals surface area contributed by atoms with Gasteiger partial charge in [-0.1, -0.05) is 15.9 Å². The summed E-state index contributed by atoms with van der Waals surface area (Å²) in [5, 5.41) is 19.3. The number of aromatic hydroxyl groups is 1. The summed E-state index contributed by atoms with van der Waals surface area (Å²) in [5.74, 6) is -0.211. The van der Waals surface area contributed by atoms with Crippen LogP contribution < -0.4 is 5.32 Å². The Morgan fingerprint density at radius 1 is 1.50 bits per heavy atom. The normalized spacial score (nSPS) is 17.9. The van der Waals surface area contributed by atoms with Crippen molar-refractivity contribution in [2.75, 3.05) is 0 Å². The molecule has 0 saturated carbocycles. The van der Waals surface area contributed by atoms with Crippen LogP contribution in [0.1, 0.15) is 5.56 Å². The second kappa shape index (κ2) is 4.31. The van der Waals surface area contributed by atoms with Crippen molar-refractivity contribution in [2.24, 2.45) is 0 Å². The smallest absolute Gasteiger partial charge is 0.264 e. The highest BCUT2D eigenvalue weighted by atomic mass is 79.9. The molecule has 1 fully saturated rings. The van der Waals surface area contributed by atoms with Gasteiger partial charge in [0.15, 0.2) is 5.17 Å². The summed E-state index contributed by atoms with van der Waals surface area (Å²) in [6, 6.07) is 4.96. The van der Waals surface area contributed by atoms with E-state index in [1.807, 2.05) is 0 Å². The van der Waals surface area contributed by atoms with Crippen LogP contribution in [0.15, 0.2) is 27.6 Å². The Morgan fingerprint density at radius 2 is 2.25 bits per heavy atom. The van der Waals surface area contributed by atoms with E-state index >= 15 is 0 Å². The zero-order valence-corrected chi connectivity index (χ0v) is 10.4. The zero-order chi connectivity index (χ0) is 11.7. The summed E-state index contributed by atoms with van der Waals surface area (Å²) >= 11 is 4.32. The number of nitrogens with one attached hydrogen (secondary N) is 2. The highest BCUT2D eigenvalue weighted by molar-refractivity contribution is 9.10. The van der Waals surface area contributed by atoms with Gasteiger partial charge >= 0.3 is 0 Å². The molecule has 82 valence electrons. The van der Waals surface area contributed by atoms with E-state index in [1.54, 1.807) is 24.3 Å². The molecule has 0 aliphatic carbocycles. The number of hydrogen-bond donors (Lipinski definition) is 3. The Bertz CT molecular complexity index is 514. The predicted molar refractivity (Wildman–Crippen MR) is 67.2 cm³/mol. The van der Waals surface area contributed by atoms with Crippen LogP contribution >= 0.6 is 27.7 Å². The third-order valence-corrected chi connectivity index (χ3v) is 3.26. The van der Waals surface area contributed by atoms with Gasteiger partial charge in [0, 0.05) is 10.0 Å².